The van der Waals surface area contributed by atoms with Crippen LogP contribution in [0.5, 0.6) is 5.75 Å². The second-order valence-corrected chi connectivity index (χ2v) is 6.20. The number of ether oxygens (including phenoxy) is 2. The van der Waals surface area contributed by atoms with Crippen LogP contribution in [-0.2, 0) is 4.74 Å². The Bertz CT molecular complexity index is 668. The van der Waals surface area contributed by atoms with Crippen molar-refractivity contribution in [2.45, 2.75) is 6.92 Å². The second kappa shape index (κ2) is 8.13. The Labute approximate surface area is 144 Å². The molecule has 0 atom stereocenters. The van der Waals surface area contributed by atoms with Crippen molar-refractivity contribution in [1.29, 1.82) is 0 Å². The van der Waals surface area contributed by atoms with Crippen LogP contribution in [0.2, 0.25) is 0 Å². The maximum absolute atomic E-state index is 5.47. The van der Waals surface area contributed by atoms with Crippen LogP contribution in [-0.4, -0.2) is 44.9 Å². The fraction of sp³-hybridized carbons (Fsp3) is 0.333. The monoisotopic (exact) mass is 323 g/mol. The van der Waals surface area contributed by atoms with Gasteiger partial charge in [-0.1, -0.05) is 42.0 Å². The van der Waals surface area contributed by atoms with Crippen LogP contribution in [0.4, 0.5) is 0 Å². The van der Waals surface area contributed by atoms with E-state index in [-0.39, 0.29) is 0 Å². The first-order chi connectivity index (χ1) is 11.7. The number of morpholine rings is 1. The number of rotatable bonds is 5. The highest BCUT2D eigenvalue weighted by Crippen LogP contribution is 2.22. The van der Waals surface area contributed by atoms with Crippen molar-refractivity contribution in [2.24, 2.45) is 0 Å². The molecule has 3 nitrogen and oxygen atoms in total. The third-order valence-electron chi connectivity index (χ3n) is 4.38. The predicted octanol–water partition coefficient (Wildman–Crippen LogP) is 3.88. The first-order valence-corrected chi connectivity index (χ1v) is 8.46. The minimum Gasteiger partial charge on any atom is -0.497 e. The van der Waals surface area contributed by atoms with Crippen molar-refractivity contribution in [3.05, 3.63) is 65.2 Å². The van der Waals surface area contributed by atoms with Crippen LogP contribution < -0.4 is 4.74 Å². The van der Waals surface area contributed by atoms with E-state index in [1.54, 1.807) is 7.11 Å². The zero-order valence-electron chi connectivity index (χ0n) is 14.5. The summed E-state index contributed by atoms with van der Waals surface area (Å²) in [4.78, 5) is 2.46. The molecule has 0 spiro atoms. The van der Waals surface area contributed by atoms with E-state index in [2.05, 4.69) is 54.3 Å². The minimum atomic E-state index is 0.823. The minimum absolute atomic E-state index is 0.823. The van der Waals surface area contributed by atoms with Gasteiger partial charge in [0.15, 0.2) is 0 Å². The van der Waals surface area contributed by atoms with E-state index in [4.69, 9.17) is 9.47 Å². The summed E-state index contributed by atoms with van der Waals surface area (Å²) in [6, 6.07) is 17.0. The molecule has 3 heteroatoms. The number of methoxy groups -OCH3 is 1. The zero-order valence-corrected chi connectivity index (χ0v) is 14.5. The molecule has 1 aliphatic rings. The maximum Gasteiger partial charge on any atom is 0.118 e. The highest BCUT2D eigenvalue weighted by molar-refractivity contribution is 5.82. The summed E-state index contributed by atoms with van der Waals surface area (Å²) < 4.78 is 10.7. The van der Waals surface area contributed by atoms with Crippen LogP contribution in [0, 0.1) is 6.92 Å². The Morgan fingerprint density at radius 3 is 2.33 bits per heavy atom. The molecule has 0 aromatic heterocycles. The highest BCUT2D eigenvalue weighted by atomic mass is 16.5. The average Bonchev–Trinajstić information content (AvgIpc) is 2.63. The molecule has 0 radical (unpaired) electrons. The highest BCUT2D eigenvalue weighted by Gasteiger charge is 2.13. The lowest BCUT2D eigenvalue weighted by Crippen LogP contribution is -2.37. The molecule has 0 bridgehead atoms. The topological polar surface area (TPSA) is 21.7 Å². The third kappa shape index (κ3) is 4.47. The Morgan fingerprint density at radius 2 is 1.71 bits per heavy atom. The Balaban J connectivity index is 1.87. The molecule has 1 aliphatic heterocycles. The average molecular weight is 323 g/mol. The van der Waals surface area contributed by atoms with Crippen molar-refractivity contribution in [2.75, 3.05) is 40.0 Å². The number of hydrogen-bond donors (Lipinski definition) is 0. The molecule has 0 unspecified atom stereocenters. The van der Waals surface area contributed by atoms with Gasteiger partial charge in [-0.3, -0.25) is 4.90 Å². The summed E-state index contributed by atoms with van der Waals surface area (Å²) in [5.41, 5.74) is 5.10. The SMILES string of the molecule is COc1ccc(/C=C(/CN2CCOCC2)c2ccc(C)cc2)cc1. The normalized spacial score (nSPS) is 16.2. The molecule has 3 rings (SSSR count). The molecular weight excluding hydrogens is 298 g/mol. The first kappa shape index (κ1) is 16.7. The summed E-state index contributed by atoms with van der Waals surface area (Å²) in [6.07, 6.45) is 2.28. The van der Waals surface area contributed by atoms with Crippen LogP contribution in [0.3, 0.4) is 0 Å². The quantitative estimate of drug-likeness (QED) is 0.780. The summed E-state index contributed by atoms with van der Waals surface area (Å²) in [6.45, 7) is 6.70. The summed E-state index contributed by atoms with van der Waals surface area (Å²) in [5.74, 6) is 0.886. The van der Waals surface area contributed by atoms with E-state index in [1.165, 1.54) is 22.3 Å². The van der Waals surface area contributed by atoms with Crippen molar-refractivity contribution < 1.29 is 9.47 Å². The first-order valence-electron chi connectivity index (χ1n) is 8.46. The number of benzene rings is 2. The lowest BCUT2D eigenvalue weighted by molar-refractivity contribution is 0.0444. The van der Waals surface area contributed by atoms with Crippen molar-refractivity contribution in [3.63, 3.8) is 0 Å². The Hall–Kier alpha value is -2.10. The molecule has 0 saturated carbocycles. The molecule has 126 valence electrons. The second-order valence-electron chi connectivity index (χ2n) is 6.20. The van der Waals surface area contributed by atoms with Crippen LogP contribution in [0.15, 0.2) is 48.5 Å². The van der Waals surface area contributed by atoms with Gasteiger partial charge in [-0.05, 0) is 41.8 Å². The summed E-state index contributed by atoms with van der Waals surface area (Å²) >= 11 is 0. The molecular formula is C21H25NO2. The fourth-order valence-electron chi connectivity index (χ4n) is 2.89. The molecule has 1 fully saturated rings. The van der Waals surface area contributed by atoms with Gasteiger partial charge in [0, 0.05) is 19.6 Å². The summed E-state index contributed by atoms with van der Waals surface area (Å²) in [5, 5.41) is 0. The lowest BCUT2D eigenvalue weighted by Gasteiger charge is -2.27. The third-order valence-corrected chi connectivity index (χ3v) is 4.38. The van der Waals surface area contributed by atoms with E-state index in [1.807, 2.05) is 12.1 Å². The van der Waals surface area contributed by atoms with Crippen molar-refractivity contribution in [3.8, 4) is 5.75 Å². The Kier molecular flexibility index (Phi) is 5.68. The van der Waals surface area contributed by atoms with E-state index in [9.17, 15) is 0 Å². The van der Waals surface area contributed by atoms with Crippen LogP contribution in [0.25, 0.3) is 11.6 Å². The Morgan fingerprint density at radius 1 is 1.04 bits per heavy atom. The molecule has 2 aromatic rings. The lowest BCUT2D eigenvalue weighted by atomic mass is 10.0. The molecule has 24 heavy (non-hydrogen) atoms. The van der Waals surface area contributed by atoms with Crippen LogP contribution >= 0.6 is 0 Å². The van der Waals surface area contributed by atoms with Gasteiger partial charge in [-0.15, -0.1) is 0 Å². The van der Waals surface area contributed by atoms with Gasteiger partial charge in [-0.2, -0.15) is 0 Å². The molecule has 0 N–H and O–H groups in total. The van der Waals surface area contributed by atoms with Crippen LogP contribution in [0.1, 0.15) is 16.7 Å². The van der Waals surface area contributed by atoms with Gasteiger partial charge in [0.25, 0.3) is 0 Å². The van der Waals surface area contributed by atoms with Gasteiger partial charge in [0.05, 0.1) is 20.3 Å². The molecule has 0 aliphatic carbocycles. The van der Waals surface area contributed by atoms with E-state index < -0.39 is 0 Å². The van der Waals surface area contributed by atoms with Crippen molar-refractivity contribution in [1.82, 2.24) is 4.90 Å². The molecule has 0 amide bonds. The smallest absolute Gasteiger partial charge is 0.118 e. The maximum atomic E-state index is 5.47. The van der Waals surface area contributed by atoms with E-state index >= 15 is 0 Å². The number of hydrogen-bond acceptors (Lipinski definition) is 3. The number of nitrogens with zero attached hydrogens (tertiary/aromatic N) is 1. The van der Waals surface area contributed by atoms with Gasteiger partial charge < -0.3 is 9.47 Å². The van der Waals surface area contributed by atoms with Crippen molar-refractivity contribution >= 4 is 11.6 Å². The largest absolute Gasteiger partial charge is 0.497 e. The fourth-order valence-corrected chi connectivity index (χ4v) is 2.89. The molecule has 2 aromatic carbocycles. The zero-order chi connectivity index (χ0) is 16.8. The van der Waals surface area contributed by atoms with Gasteiger partial charge in [-0.25, -0.2) is 0 Å². The standard InChI is InChI=1S/C21H25NO2/c1-17-3-7-19(8-4-17)20(16-22-11-13-24-14-12-22)15-18-5-9-21(23-2)10-6-18/h3-10,15H,11-14,16H2,1-2H3/b20-15-. The van der Waals surface area contributed by atoms with Gasteiger partial charge in [0.1, 0.15) is 5.75 Å². The van der Waals surface area contributed by atoms with E-state index in [0.717, 1.165) is 38.6 Å². The van der Waals surface area contributed by atoms with Gasteiger partial charge >= 0.3 is 0 Å². The predicted molar refractivity (Wildman–Crippen MR) is 99.3 cm³/mol. The molecule has 1 saturated heterocycles. The van der Waals surface area contributed by atoms with Gasteiger partial charge in [0.2, 0.25) is 0 Å². The summed E-state index contributed by atoms with van der Waals surface area (Å²) in [7, 11) is 1.70. The van der Waals surface area contributed by atoms with E-state index in [0.29, 0.717) is 0 Å². The number of aryl methyl sites for hydroxylation is 1. The molecule has 1 heterocycles.